The quantitative estimate of drug-likeness (QED) is 0.0941. The van der Waals surface area contributed by atoms with Gasteiger partial charge in [-0.05, 0) is 120 Å². The number of carbonyl (C=O) groups is 4. The third kappa shape index (κ3) is 12.1. The second kappa shape index (κ2) is 20.2. The van der Waals surface area contributed by atoms with Gasteiger partial charge in [0, 0.05) is 46.3 Å². The van der Waals surface area contributed by atoms with Crippen molar-refractivity contribution in [3.05, 3.63) is 81.6 Å². The molecule has 0 unspecified atom stereocenters. The predicted molar refractivity (Wildman–Crippen MR) is 256 cm³/mol. The van der Waals surface area contributed by atoms with Crippen molar-refractivity contribution in [3.8, 4) is 21.1 Å². The van der Waals surface area contributed by atoms with Crippen LogP contribution in [0.3, 0.4) is 0 Å². The molecular formula is C44H46Cl2F2N6O6S4. The first-order chi connectivity index (χ1) is 30.1. The standard InChI is InChI=1S/C22H22FN3O3S2.C19H20FN3O2S2.C3H4Cl2O/c1-5-17(27)25-20-18(19-24-14-7-6-12(23)10-15(14)30-19)13-8-9-26(11-16(13)31-20)21(28)29-22(2,3)4;1-19(2,3)25-18(24)23-7-6-11-14(9-23)26-16(21)15(11)17-22-12-5-4-10(20)8-13(12)27-17;4-2-1-3(5)6/h5-7,10H,1,8-9,11H2,2-4H3,(H,25,27);4-5,8H,6-7,9,21H2,1-3H3;1-2H2. The number of rotatable bonds is 6. The molecule has 6 heterocycles. The Bertz CT molecular complexity index is 2740. The van der Waals surface area contributed by atoms with Gasteiger partial charge >= 0.3 is 12.2 Å². The number of nitrogen functional groups attached to an aromatic ring is 1. The lowest BCUT2D eigenvalue weighted by atomic mass is 10.0. The van der Waals surface area contributed by atoms with Gasteiger partial charge in [-0.15, -0.1) is 56.9 Å². The third-order valence-electron chi connectivity index (χ3n) is 9.29. The summed E-state index contributed by atoms with van der Waals surface area (Å²) in [6.45, 7) is 16.6. The van der Waals surface area contributed by atoms with Crippen molar-refractivity contribution < 1.29 is 37.4 Å². The molecule has 0 saturated carbocycles. The van der Waals surface area contributed by atoms with Crippen molar-refractivity contribution in [1.82, 2.24) is 19.8 Å². The maximum atomic E-state index is 13.7. The molecule has 3 amide bonds. The van der Waals surface area contributed by atoms with E-state index in [0.717, 1.165) is 51.9 Å². The molecule has 4 aromatic heterocycles. The van der Waals surface area contributed by atoms with E-state index in [1.54, 1.807) is 21.9 Å². The molecule has 0 radical (unpaired) electrons. The molecule has 0 fully saturated rings. The lowest BCUT2D eigenvalue weighted by Crippen LogP contribution is -2.39. The summed E-state index contributed by atoms with van der Waals surface area (Å²) < 4.78 is 39.7. The summed E-state index contributed by atoms with van der Waals surface area (Å²) in [7, 11) is 0. The number of anilines is 2. The second-order valence-corrected chi connectivity index (χ2v) is 21.6. The zero-order chi connectivity index (χ0) is 46.7. The highest BCUT2D eigenvalue weighted by molar-refractivity contribution is 7.23. The fourth-order valence-corrected chi connectivity index (χ4v) is 11.6. The summed E-state index contributed by atoms with van der Waals surface area (Å²) in [4.78, 5) is 61.4. The van der Waals surface area contributed by atoms with Crippen LogP contribution < -0.4 is 11.1 Å². The zero-order valence-corrected chi connectivity index (χ0v) is 40.6. The Balaban J connectivity index is 0.000000190. The highest BCUT2D eigenvalue weighted by atomic mass is 35.5. The number of benzene rings is 2. The highest BCUT2D eigenvalue weighted by Crippen LogP contribution is 2.47. The normalized spacial score (nSPS) is 13.5. The van der Waals surface area contributed by atoms with E-state index in [2.05, 4.69) is 21.9 Å². The summed E-state index contributed by atoms with van der Waals surface area (Å²) in [6.07, 6.45) is 2.11. The Labute approximate surface area is 395 Å². The number of nitrogens with two attached hydrogens (primary N) is 1. The van der Waals surface area contributed by atoms with Gasteiger partial charge in [0.1, 0.15) is 37.9 Å². The van der Waals surface area contributed by atoms with E-state index in [-0.39, 0.29) is 41.4 Å². The number of hydrogen-bond acceptors (Lipinski definition) is 13. The van der Waals surface area contributed by atoms with Gasteiger partial charge in [-0.2, -0.15) is 0 Å². The maximum Gasteiger partial charge on any atom is 0.410 e. The van der Waals surface area contributed by atoms with Crippen LogP contribution in [0.2, 0.25) is 0 Å². The molecule has 0 spiro atoms. The Morgan fingerprint density at radius 2 is 1.27 bits per heavy atom. The topological polar surface area (TPSA) is 157 Å². The SMILES string of the molecule is C=CC(=O)Nc1sc2c(c1-c1nc3ccc(F)cc3s1)CCN(C(=O)OC(C)(C)C)C2.CC(C)(C)OC(=O)N1CCc2c(sc(N)c2-c2nc3ccc(F)cc3s2)C1.O=C(Cl)CCCl. The van der Waals surface area contributed by atoms with Crippen LogP contribution in [-0.4, -0.2) is 73.3 Å². The summed E-state index contributed by atoms with van der Waals surface area (Å²) >= 11 is 15.7. The molecule has 20 heteroatoms. The molecule has 2 aliphatic rings. The summed E-state index contributed by atoms with van der Waals surface area (Å²) in [6, 6.07) is 9.09. The van der Waals surface area contributed by atoms with Crippen LogP contribution in [-0.2, 0) is 45.0 Å². The molecule has 64 heavy (non-hydrogen) atoms. The summed E-state index contributed by atoms with van der Waals surface area (Å²) in [5.74, 6) is -0.590. The first-order valence-corrected chi connectivity index (χ1v) is 24.1. The second-order valence-electron chi connectivity index (χ2n) is 16.5. The summed E-state index contributed by atoms with van der Waals surface area (Å²) in [5, 5.41) is 5.36. The van der Waals surface area contributed by atoms with Crippen LogP contribution in [0.1, 0.15) is 68.8 Å². The number of hydrogen-bond donors (Lipinski definition) is 2. The Morgan fingerprint density at radius 3 is 1.70 bits per heavy atom. The van der Waals surface area contributed by atoms with Crippen LogP contribution >= 0.6 is 68.5 Å². The van der Waals surface area contributed by atoms with Crippen LogP contribution in [0.4, 0.5) is 28.4 Å². The molecule has 2 aliphatic heterocycles. The number of nitrogens with one attached hydrogen (secondary N) is 1. The first kappa shape index (κ1) is 48.7. The molecule has 6 aromatic rings. The molecule has 8 rings (SSSR count). The van der Waals surface area contributed by atoms with Gasteiger partial charge < -0.3 is 30.3 Å². The van der Waals surface area contributed by atoms with Crippen LogP contribution in [0.25, 0.3) is 41.6 Å². The number of ether oxygens (including phenoxy) is 2. The van der Waals surface area contributed by atoms with Gasteiger partial charge in [0.05, 0.1) is 38.5 Å². The van der Waals surface area contributed by atoms with E-state index in [0.29, 0.717) is 65.4 Å². The molecule has 0 bridgehead atoms. The number of nitrogens with zero attached hydrogens (tertiary/aromatic N) is 4. The van der Waals surface area contributed by atoms with Crippen LogP contribution in [0.5, 0.6) is 0 Å². The van der Waals surface area contributed by atoms with Gasteiger partial charge in [0.25, 0.3) is 0 Å². The predicted octanol–water partition coefficient (Wildman–Crippen LogP) is 12.0. The number of fused-ring (bicyclic) bond motifs is 4. The molecule has 340 valence electrons. The van der Waals surface area contributed by atoms with Crippen molar-refractivity contribution in [2.75, 3.05) is 30.0 Å². The number of carbonyl (C=O) groups excluding carboxylic acids is 4. The Kier molecular flexibility index (Phi) is 15.4. The Hall–Kier alpha value is -4.72. The number of aromatic nitrogens is 2. The van der Waals surface area contributed by atoms with E-state index in [9.17, 15) is 28.0 Å². The van der Waals surface area contributed by atoms with Crippen molar-refractivity contribution in [1.29, 1.82) is 0 Å². The molecule has 0 aliphatic carbocycles. The molecule has 0 saturated heterocycles. The minimum Gasteiger partial charge on any atom is -0.444 e. The highest BCUT2D eigenvalue weighted by Gasteiger charge is 2.33. The molecule has 3 N–H and O–H groups in total. The van der Waals surface area contributed by atoms with E-state index in [4.69, 9.17) is 38.4 Å². The van der Waals surface area contributed by atoms with E-state index in [1.807, 2.05) is 41.5 Å². The molecular weight excluding hydrogens is 946 g/mol. The van der Waals surface area contributed by atoms with Gasteiger partial charge in [0.15, 0.2) is 0 Å². The molecule has 0 atom stereocenters. The third-order valence-corrected chi connectivity index (χ3v) is 13.9. The van der Waals surface area contributed by atoms with Gasteiger partial charge in [-0.25, -0.2) is 28.3 Å². The van der Waals surface area contributed by atoms with E-state index < -0.39 is 11.2 Å². The number of halogens is 4. The monoisotopic (exact) mass is 990 g/mol. The fourth-order valence-electron chi connectivity index (χ4n) is 6.59. The lowest BCUT2D eigenvalue weighted by molar-refractivity contribution is -0.112. The lowest BCUT2D eigenvalue weighted by Gasteiger charge is -2.30. The number of thiazole rings is 2. The van der Waals surface area contributed by atoms with Crippen molar-refractivity contribution in [2.24, 2.45) is 0 Å². The van der Waals surface area contributed by atoms with Gasteiger partial charge in [0.2, 0.25) is 11.1 Å². The van der Waals surface area contributed by atoms with Crippen molar-refractivity contribution in [2.45, 2.75) is 85.1 Å². The zero-order valence-electron chi connectivity index (χ0n) is 35.9. The van der Waals surface area contributed by atoms with Crippen molar-refractivity contribution in [3.63, 3.8) is 0 Å². The molecule has 12 nitrogen and oxygen atoms in total. The average Bonchev–Trinajstić information content (AvgIpc) is 3.97. The van der Waals surface area contributed by atoms with Gasteiger partial charge in [-0.1, -0.05) is 6.58 Å². The maximum absolute atomic E-state index is 13.7. The summed E-state index contributed by atoms with van der Waals surface area (Å²) in [5.41, 5.74) is 10.6. The van der Waals surface area contributed by atoms with Crippen molar-refractivity contribution >= 4 is 122 Å². The van der Waals surface area contributed by atoms with E-state index in [1.165, 1.54) is 75.7 Å². The first-order valence-electron chi connectivity index (χ1n) is 19.9. The smallest absolute Gasteiger partial charge is 0.410 e. The number of thiophene rings is 2. The van der Waals surface area contributed by atoms with Gasteiger partial charge in [-0.3, -0.25) is 9.59 Å². The number of amides is 3. The average molecular weight is 992 g/mol. The minimum absolute atomic E-state index is 0.267. The van der Waals surface area contributed by atoms with Crippen LogP contribution in [0, 0.1) is 11.6 Å². The Morgan fingerprint density at radius 1 is 0.797 bits per heavy atom. The van der Waals surface area contributed by atoms with E-state index >= 15 is 0 Å². The largest absolute Gasteiger partial charge is 0.444 e. The number of alkyl halides is 1. The minimum atomic E-state index is -0.572. The fraction of sp³-hybridized carbons (Fsp3) is 0.364. The molecule has 2 aromatic carbocycles. The van der Waals surface area contributed by atoms with Crippen LogP contribution in [0.15, 0.2) is 49.1 Å².